The van der Waals surface area contributed by atoms with E-state index in [1.807, 2.05) is 78.9 Å². The molecule has 276 valence electrons. The molecule has 2 N–H and O–H groups in total. The Hall–Kier alpha value is -5.41. The highest BCUT2D eigenvalue weighted by atomic mass is 35.5. The van der Waals surface area contributed by atoms with Gasteiger partial charge in [-0.1, -0.05) is 66.7 Å². The number of benzene rings is 5. The summed E-state index contributed by atoms with van der Waals surface area (Å²) in [6, 6.07) is 42.7. The number of hydrogen-bond acceptors (Lipinski definition) is 9. The summed E-state index contributed by atoms with van der Waals surface area (Å²) in [5.74, 6) is -1.77. The number of ether oxygens (including phenoxy) is 3. The monoisotopic (exact) mass is 780 g/mol. The highest BCUT2D eigenvalue weighted by molar-refractivity contribution is 7.96. The fourth-order valence-electron chi connectivity index (χ4n) is 6.29. The Morgan fingerprint density at radius 1 is 0.741 bits per heavy atom. The molecule has 0 aliphatic carbocycles. The molecule has 0 aliphatic heterocycles. The largest absolute Gasteiger partial charge is 1.00 e. The van der Waals surface area contributed by atoms with Gasteiger partial charge in [0, 0.05) is 25.8 Å². The summed E-state index contributed by atoms with van der Waals surface area (Å²) in [6.07, 6.45) is -1.98. The van der Waals surface area contributed by atoms with Crippen LogP contribution >= 0.6 is 18.6 Å². The van der Waals surface area contributed by atoms with Gasteiger partial charge in [0.2, 0.25) is 11.9 Å². The molecule has 12 heteroatoms. The Balaban J connectivity index is 0.00000561. The number of primary amides is 1. The molecule has 1 heterocycles. The van der Waals surface area contributed by atoms with Crippen molar-refractivity contribution in [2.45, 2.75) is 32.5 Å². The standard InChI is InChI=1S/C42H37N2O7PS.ClH/c1-28(45)49-26-32(50-29(2)46)25-31-24-30(22-23-38(31)51-40(41(43)48)42-44-36-20-12-13-21-39(36)53-42)37(47)27-52(33-14-6-3-7-15-33,34-16-8-4-9-17-34)35-18-10-5-11-19-35;/h3-24,32,40H,25-27H2,1-2H3,(H-,43,48);1H. The third-order valence-corrected chi connectivity index (χ3v) is 14.0. The van der Waals surface area contributed by atoms with Gasteiger partial charge in [-0.15, -0.1) is 11.3 Å². The lowest BCUT2D eigenvalue weighted by Gasteiger charge is -2.27. The fourth-order valence-corrected chi connectivity index (χ4v) is 11.4. The Morgan fingerprint density at radius 2 is 1.30 bits per heavy atom. The molecule has 5 aromatic carbocycles. The van der Waals surface area contributed by atoms with Crippen LogP contribution in [0.3, 0.4) is 0 Å². The van der Waals surface area contributed by atoms with Crippen molar-refractivity contribution < 1.29 is 45.8 Å². The van der Waals surface area contributed by atoms with Crippen LogP contribution in [-0.2, 0) is 30.3 Å². The first kappa shape index (κ1) is 39.8. The number of fused-ring (bicyclic) bond motifs is 1. The Bertz CT molecular complexity index is 2110. The summed E-state index contributed by atoms with van der Waals surface area (Å²) < 4.78 is 17.9. The van der Waals surface area contributed by atoms with E-state index < -0.39 is 37.3 Å². The van der Waals surface area contributed by atoms with Crippen molar-refractivity contribution in [2.75, 3.05) is 12.8 Å². The SMILES string of the molecule is CC(=O)OCC(Cc1cc(C(=O)C[P+](c2ccccc2)(c2ccccc2)c2ccccc2)ccc1OC(C(N)=O)c1nc2ccccc2s1)OC(C)=O.[Cl-]. The summed E-state index contributed by atoms with van der Waals surface area (Å²) in [4.78, 5) is 56.1. The highest BCUT2D eigenvalue weighted by Crippen LogP contribution is 2.55. The van der Waals surface area contributed by atoms with E-state index in [1.54, 1.807) is 18.2 Å². The predicted octanol–water partition coefficient (Wildman–Crippen LogP) is 3.12. The maximum Gasteiger partial charge on any atom is 0.303 e. The van der Waals surface area contributed by atoms with Crippen molar-refractivity contribution in [3.8, 4) is 5.75 Å². The van der Waals surface area contributed by atoms with Gasteiger partial charge in [-0.2, -0.15) is 0 Å². The number of Topliss-reactive ketones (excluding diaryl/α,β-unsaturated/α-hetero) is 1. The van der Waals surface area contributed by atoms with Gasteiger partial charge in [0.25, 0.3) is 5.91 Å². The van der Waals surface area contributed by atoms with Gasteiger partial charge in [0.1, 0.15) is 52.8 Å². The highest BCUT2D eigenvalue weighted by Gasteiger charge is 2.47. The molecule has 0 saturated heterocycles. The second-order valence-electron chi connectivity index (χ2n) is 12.4. The maximum absolute atomic E-state index is 14.7. The molecule has 9 nitrogen and oxygen atoms in total. The summed E-state index contributed by atoms with van der Waals surface area (Å²) in [5.41, 5.74) is 7.41. The summed E-state index contributed by atoms with van der Waals surface area (Å²) >= 11 is 1.29. The number of halogens is 1. The van der Waals surface area contributed by atoms with Crippen LogP contribution in [0.2, 0.25) is 0 Å². The zero-order chi connectivity index (χ0) is 37.4. The molecule has 1 aromatic heterocycles. The second kappa shape index (κ2) is 18.1. The van der Waals surface area contributed by atoms with Gasteiger partial charge >= 0.3 is 11.9 Å². The van der Waals surface area contributed by atoms with Gasteiger partial charge in [-0.25, -0.2) is 4.98 Å². The minimum absolute atomic E-state index is 0. The number of thiazole rings is 1. The fraction of sp³-hybridized carbons (Fsp3) is 0.167. The average molecular weight is 781 g/mol. The van der Waals surface area contributed by atoms with Gasteiger partial charge in [-0.3, -0.25) is 19.2 Å². The Labute approximate surface area is 324 Å². The van der Waals surface area contributed by atoms with E-state index in [1.165, 1.54) is 25.2 Å². The van der Waals surface area contributed by atoms with Crippen LogP contribution in [0.5, 0.6) is 5.75 Å². The number of aromatic nitrogens is 1. The van der Waals surface area contributed by atoms with Crippen molar-refractivity contribution in [1.82, 2.24) is 4.98 Å². The normalized spacial score (nSPS) is 12.2. The second-order valence-corrected chi connectivity index (χ2v) is 16.9. The molecule has 0 aliphatic rings. The number of carbonyl (C=O) groups is 4. The van der Waals surface area contributed by atoms with E-state index >= 15 is 0 Å². The number of para-hydroxylation sites is 1. The molecule has 1 amide bonds. The van der Waals surface area contributed by atoms with E-state index in [0.717, 1.165) is 20.6 Å². The van der Waals surface area contributed by atoms with Crippen molar-refractivity contribution >= 4 is 68.4 Å². The number of nitrogens with zero attached hydrogens (tertiary/aromatic N) is 1. The zero-order valence-electron chi connectivity index (χ0n) is 29.6. The lowest BCUT2D eigenvalue weighted by molar-refractivity contribution is -0.156. The average Bonchev–Trinajstić information content (AvgIpc) is 3.60. The van der Waals surface area contributed by atoms with E-state index in [2.05, 4.69) is 41.4 Å². The predicted molar refractivity (Wildman–Crippen MR) is 209 cm³/mol. The molecule has 6 rings (SSSR count). The van der Waals surface area contributed by atoms with Crippen LogP contribution < -0.4 is 38.8 Å². The van der Waals surface area contributed by atoms with Crippen molar-refractivity contribution in [3.63, 3.8) is 0 Å². The first-order valence-electron chi connectivity index (χ1n) is 17.0. The first-order valence-corrected chi connectivity index (χ1v) is 19.8. The van der Waals surface area contributed by atoms with Crippen LogP contribution in [0.25, 0.3) is 10.2 Å². The third-order valence-electron chi connectivity index (χ3n) is 8.64. The van der Waals surface area contributed by atoms with E-state index in [4.69, 9.17) is 19.9 Å². The lowest BCUT2D eigenvalue weighted by atomic mass is 10.0. The molecule has 6 aromatic rings. The lowest BCUT2D eigenvalue weighted by Crippen LogP contribution is -3.00. The van der Waals surface area contributed by atoms with Gasteiger partial charge < -0.3 is 32.4 Å². The molecule has 54 heavy (non-hydrogen) atoms. The summed E-state index contributed by atoms with van der Waals surface area (Å²) in [5, 5.41) is 3.54. The number of hydrogen-bond donors (Lipinski definition) is 1. The first-order chi connectivity index (χ1) is 25.6. The molecule has 0 saturated carbocycles. The molecule has 2 atom stereocenters. The maximum atomic E-state index is 14.7. The number of esters is 2. The Kier molecular flexibility index (Phi) is 13.3. The van der Waals surface area contributed by atoms with Crippen LogP contribution in [0.4, 0.5) is 0 Å². The quantitative estimate of drug-likeness (QED) is 0.0956. The molecular weight excluding hydrogens is 743 g/mol. The van der Waals surface area contributed by atoms with E-state index in [9.17, 15) is 19.2 Å². The zero-order valence-corrected chi connectivity index (χ0v) is 32.1. The minimum Gasteiger partial charge on any atom is -1.00 e. The number of rotatable bonds is 15. The van der Waals surface area contributed by atoms with Crippen LogP contribution in [-0.4, -0.2) is 47.5 Å². The minimum atomic E-state index is -2.54. The van der Waals surface area contributed by atoms with Crippen molar-refractivity contribution in [1.29, 1.82) is 0 Å². The van der Waals surface area contributed by atoms with Gasteiger partial charge in [-0.05, 0) is 72.3 Å². The molecule has 0 spiro atoms. The third kappa shape index (κ3) is 9.20. The number of amides is 1. The number of ketones is 1. The smallest absolute Gasteiger partial charge is 0.303 e. The molecule has 2 unspecified atom stereocenters. The topological polar surface area (TPSA) is 135 Å². The van der Waals surface area contributed by atoms with Crippen molar-refractivity contribution in [2.24, 2.45) is 5.73 Å². The molecule has 0 radical (unpaired) electrons. The van der Waals surface area contributed by atoms with Gasteiger partial charge in [0.15, 0.2) is 0 Å². The van der Waals surface area contributed by atoms with Crippen LogP contribution in [0, 0.1) is 0 Å². The molecule has 0 fully saturated rings. The van der Waals surface area contributed by atoms with Crippen molar-refractivity contribution in [3.05, 3.63) is 150 Å². The number of carbonyl (C=O) groups excluding carboxylic acids is 4. The summed E-state index contributed by atoms with van der Waals surface area (Å²) in [6.45, 7) is 2.29. The van der Waals surface area contributed by atoms with Crippen LogP contribution in [0.1, 0.15) is 40.9 Å². The number of nitrogens with two attached hydrogens (primary N) is 1. The van der Waals surface area contributed by atoms with E-state index in [0.29, 0.717) is 21.7 Å². The summed E-state index contributed by atoms with van der Waals surface area (Å²) in [7, 11) is -2.54. The van der Waals surface area contributed by atoms with Crippen LogP contribution in [0.15, 0.2) is 133 Å². The molecule has 0 bridgehead atoms. The Morgan fingerprint density at radius 3 is 1.81 bits per heavy atom. The molecular formula is C42H38ClN2O7PS. The van der Waals surface area contributed by atoms with E-state index in [-0.39, 0.29) is 43.1 Å². The van der Waals surface area contributed by atoms with Gasteiger partial charge in [0.05, 0.1) is 10.2 Å².